The number of benzene rings is 2. The number of piperidine rings is 1. The largest absolute Gasteiger partial charge is 0.496 e. The summed E-state index contributed by atoms with van der Waals surface area (Å²) in [6.45, 7) is 4.33. The third kappa shape index (κ3) is 3.99. The van der Waals surface area contributed by atoms with Gasteiger partial charge < -0.3 is 9.64 Å². The van der Waals surface area contributed by atoms with Gasteiger partial charge in [-0.05, 0) is 62.1 Å². The second kappa shape index (κ2) is 7.84. The number of halogens is 1. The Morgan fingerprint density at radius 2 is 1.88 bits per heavy atom. The SMILES string of the molecule is COc1cc(N2CCCCC2)ccc1C=Nc1ccc(Br)cc1C. The summed E-state index contributed by atoms with van der Waals surface area (Å²) in [5.41, 5.74) is 4.36. The van der Waals surface area contributed by atoms with Crippen LogP contribution >= 0.6 is 15.9 Å². The molecule has 0 atom stereocenters. The predicted molar refractivity (Wildman–Crippen MR) is 105 cm³/mol. The van der Waals surface area contributed by atoms with E-state index in [-0.39, 0.29) is 0 Å². The monoisotopic (exact) mass is 386 g/mol. The summed E-state index contributed by atoms with van der Waals surface area (Å²) < 4.78 is 6.66. The molecule has 0 amide bonds. The van der Waals surface area contributed by atoms with E-state index >= 15 is 0 Å². The second-order valence-corrected chi connectivity index (χ2v) is 7.08. The highest BCUT2D eigenvalue weighted by Gasteiger charge is 2.12. The van der Waals surface area contributed by atoms with Crippen LogP contribution in [0.15, 0.2) is 45.9 Å². The van der Waals surface area contributed by atoms with Gasteiger partial charge in [0.05, 0.1) is 12.8 Å². The summed E-state index contributed by atoms with van der Waals surface area (Å²) in [6.07, 6.45) is 5.77. The van der Waals surface area contributed by atoms with E-state index in [9.17, 15) is 0 Å². The van der Waals surface area contributed by atoms with E-state index in [0.29, 0.717) is 0 Å². The van der Waals surface area contributed by atoms with Crippen molar-refractivity contribution in [2.45, 2.75) is 26.2 Å². The van der Waals surface area contributed by atoms with Crippen molar-refractivity contribution >= 4 is 33.5 Å². The minimum Gasteiger partial charge on any atom is -0.496 e. The summed E-state index contributed by atoms with van der Waals surface area (Å²) in [7, 11) is 1.72. The maximum Gasteiger partial charge on any atom is 0.129 e. The summed E-state index contributed by atoms with van der Waals surface area (Å²) in [5.74, 6) is 0.872. The molecule has 126 valence electrons. The number of ether oxygens (including phenoxy) is 1. The number of anilines is 1. The molecule has 3 nitrogen and oxygen atoms in total. The zero-order valence-electron chi connectivity index (χ0n) is 14.3. The topological polar surface area (TPSA) is 24.8 Å². The normalized spacial score (nSPS) is 15.0. The first-order valence-electron chi connectivity index (χ1n) is 8.40. The molecular formula is C20H23BrN2O. The lowest BCUT2D eigenvalue weighted by molar-refractivity contribution is 0.414. The quantitative estimate of drug-likeness (QED) is 0.647. The third-order valence-electron chi connectivity index (χ3n) is 4.44. The van der Waals surface area contributed by atoms with Crippen LogP contribution in [0.25, 0.3) is 0 Å². The molecule has 2 aromatic carbocycles. The van der Waals surface area contributed by atoms with Crippen LogP contribution in [-0.2, 0) is 0 Å². The lowest BCUT2D eigenvalue weighted by Gasteiger charge is -2.29. The van der Waals surface area contributed by atoms with Crippen LogP contribution in [0.4, 0.5) is 11.4 Å². The Labute approximate surface area is 152 Å². The van der Waals surface area contributed by atoms with Crippen LogP contribution in [0.2, 0.25) is 0 Å². The fourth-order valence-electron chi connectivity index (χ4n) is 3.06. The molecule has 1 aliphatic rings. The molecule has 0 unspecified atom stereocenters. The van der Waals surface area contributed by atoms with Gasteiger partial charge in [0.15, 0.2) is 0 Å². The minimum atomic E-state index is 0.872. The molecule has 3 rings (SSSR count). The van der Waals surface area contributed by atoms with Crippen LogP contribution in [0.3, 0.4) is 0 Å². The van der Waals surface area contributed by atoms with E-state index in [2.05, 4.69) is 57.0 Å². The Balaban J connectivity index is 1.83. The summed E-state index contributed by atoms with van der Waals surface area (Å²) in [5, 5.41) is 0. The number of hydrogen-bond acceptors (Lipinski definition) is 3. The lowest BCUT2D eigenvalue weighted by Crippen LogP contribution is -2.29. The van der Waals surface area contributed by atoms with Gasteiger partial charge in [0.2, 0.25) is 0 Å². The van der Waals surface area contributed by atoms with Crippen molar-refractivity contribution in [3.05, 3.63) is 52.0 Å². The van der Waals surface area contributed by atoms with Gasteiger partial charge in [0, 0.05) is 41.1 Å². The number of aliphatic imine (C=N–C) groups is 1. The van der Waals surface area contributed by atoms with Gasteiger partial charge in [-0.1, -0.05) is 15.9 Å². The predicted octanol–water partition coefficient (Wildman–Crippen LogP) is 5.51. The van der Waals surface area contributed by atoms with E-state index in [1.165, 1.54) is 24.9 Å². The number of hydrogen-bond donors (Lipinski definition) is 0. The van der Waals surface area contributed by atoms with Crippen molar-refractivity contribution in [2.75, 3.05) is 25.1 Å². The van der Waals surface area contributed by atoms with Crippen molar-refractivity contribution in [1.29, 1.82) is 0 Å². The molecule has 0 bridgehead atoms. The molecule has 0 spiro atoms. The van der Waals surface area contributed by atoms with Gasteiger partial charge in [-0.15, -0.1) is 0 Å². The van der Waals surface area contributed by atoms with Crippen LogP contribution < -0.4 is 9.64 Å². The molecule has 0 N–H and O–H groups in total. The molecule has 1 fully saturated rings. The molecule has 1 saturated heterocycles. The Bertz CT molecular complexity index is 736. The second-order valence-electron chi connectivity index (χ2n) is 6.16. The first-order valence-corrected chi connectivity index (χ1v) is 9.20. The Kier molecular flexibility index (Phi) is 5.56. The molecular weight excluding hydrogens is 364 g/mol. The standard InChI is InChI=1S/C20H23BrN2O/c1-15-12-17(21)7-9-19(15)22-14-16-6-8-18(13-20(16)24-2)23-10-4-3-5-11-23/h6-9,12-14H,3-5,10-11H2,1-2H3. The summed E-state index contributed by atoms with van der Waals surface area (Å²) >= 11 is 3.48. The van der Waals surface area contributed by atoms with Crippen molar-refractivity contribution in [1.82, 2.24) is 0 Å². The third-order valence-corrected chi connectivity index (χ3v) is 4.93. The number of rotatable bonds is 4. The van der Waals surface area contributed by atoms with Gasteiger partial charge in [-0.3, -0.25) is 4.99 Å². The Morgan fingerprint density at radius 1 is 1.08 bits per heavy atom. The number of aryl methyl sites for hydroxylation is 1. The molecule has 4 heteroatoms. The summed E-state index contributed by atoms with van der Waals surface area (Å²) in [4.78, 5) is 7.06. The maximum atomic E-state index is 5.59. The molecule has 0 aromatic heterocycles. The first kappa shape index (κ1) is 17.0. The molecule has 1 aliphatic heterocycles. The molecule has 0 radical (unpaired) electrons. The van der Waals surface area contributed by atoms with Crippen LogP contribution in [0.1, 0.15) is 30.4 Å². The van der Waals surface area contributed by atoms with E-state index in [1.807, 2.05) is 18.3 Å². The van der Waals surface area contributed by atoms with E-state index in [4.69, 9.17) is 4.74 Å². The lowest BCUT2D eigenvalue weighted by atomic mass is 10.1. The van der Waals surface area contributed by atoms with Crippen LogP contribution in [-0.4, -0.2) is 26.4 Å². The van der Waals surface area contributed by atoms with Gasteiger partial charge in [0.25, 0.3) is 0 Å². The van der Waals surface area contributed by atoms with E-state index in [0.717, 1.165) is 40.1 Å². The highest BCUT2D eigenvalue weighted by molar-refractivity contribution is 9.10. The highest BCUT2D eigenvalue weighted by atomic mass is 79.9. The zero-order valence-corrected chi connectivity index (χ0v) is 15.8. The fourth-order valence-corrected chi connectivity index (χ4v) is 3.53. The fraction of sp³-hybridized carbons (Fsp3) is 0.350. The first-order chi connectivity index (χ1) is 11.7. The van der Waals surface area contributed by atoms with E-state index < -0.39 is 0 Å². The van der Waals surface area contributed by atoms with Crippen molar-refractivity contribution < 1.29 is 4.74 Å². The van der Waals surface area contributed by atoms with Gasteiger partial charge >= 0.3 is 0 Å². The molecule has 1 heterocycles. The van der Waals surface area contributed by atoms with E-state index in [1.54, 1.807) is 7.11 Å². The average Bonchev–Trinajstić information content (AvgIpc) is 2.61. The number of methoxy groups -OCH3 is 1. The molecule has 2 aromatic rings. The molecule has 0 aliphatic carbocycles. The Hall–Kier alpha value is -1.81. The van der Waals surface area contributed by atoms with Crippen LogP contribution in [0, 0.1) is 6.92 Å². The Morgan fingerprint density at radius 3 is 2.58 bits per heavy atom. The maximum absolute atomic E-state index is 5.59. The van der Waals surface area contributed by atoms with Gasteiger partial charge in [-0.25, -0.2) is 0 Å². The van der Waals surface area contributed by atoms with Crippen molar-refractivity contribution in [3.8, 4) is 5.75 Å². The number of nitrogens with zero attached hydrogens (tertiary/aromatic N) is 2. The smallest absolute Gasteiger partial charge is 0.129 e. The van der Waals surface area contributed by atoms with Gasteiger partial charge in [0.1, 0.15) is 5.75 Å². The molecule has 24 heavy (non-hydrogen) atoms. The van der Waals surface area contributed by atoms with Crippen LogP contribution in [0.5, 0.6) is 5.75 Å². The van der Waals surface area contributed by atoms with Crippen molar-refractivity contribution in [3.63, 3.8) is 0 Å². The minimum absolute atomic E-state index is 0.872. The highest BCUT2D eigenvalue weighted by Crippen LogP contribution is 2.28. The van der Waals surface area contributed by atoms with Gasteiger partial charge in [-0.2, -0.15) is 0 Å². The zero-order chi connectivity index (χ0) is 16.9. The van der Waals surface area contributed by atoms with Crippen molar-refractivity contribution in [2.24, 2.45) is 4.99 Å². The molecule has 0 saturated carbocycles. The average molecular weight is 387 g/mol. The summed E-state index contributed by atoms with van der Waals surface area (Å²) in [6, 6.07) is 12.5.